The molecule has 0 amide bonds. The number of halogens is 4. The third kappa shape index (κ3) is 2.83. The summed E-state index contributed by atoms with van der Waals surface area (Å²) in [4.78, 5) is -0.247. The monoisotopic (exact) mass is 354 g/mol. The Morgan fingerprint density at radius 1 is 1.27 bits per heavy atom. The van der Waals surface area contributed by atoms with E-state index in [1.807, 2.05) is 0 Å². The topological polar surface area (TPSA) is 72.2 Å². The molecule has 1 aromatic carbocycles. The van der Waals surface area contributed by atoms with Crippen LogP contribution in [-0.4, -0.2) is 23.3 Å². The van der Waals surface area contributed by atoms with Crippen LogP contribution in [0.4, 0.5) is 13.2 Å². The molecule has 0 aliphatic carbocycles. The van der Waals surface area contributed by atoms with Crippen molar-refractivity contribution in [2.75, 3.05) is 0 Å². The smallest absolute Gasteiger partial charge is 0.391 e. The van der Waals surface area contributed by atoms with Crippen LogP contribution in [0.2, 0.25) is 5.02 Å². The van der Waals surface area contributed by atoms with E-state index in [-0.39, 0.29) is 9.92 Å². The van der Waals surface area contributed by atoms with Crippen molar-refractivity contribution in [3.05, 3.63) is 40.5 Å². The summed E-state index contributed by atoms with van der Waals surface area (Å²) >= 11 is 5.66. The molecule has 0 bridgehead atoms. The van der Waals surface area contributed by atoms with E-state index in [1.165, 1.54) is 24.3 Å². The van der Waals surface area contributed by atoms with E-state index < -0.39 is 38.9 Å². The SMILES string of the molecule is Cn1nc(C(F)(F)F)c(CO)c1S(=O)(=O)c1ccc(Cl)cc1. The summed E-state index contributed by atoms with van der Waals surface area (Å²) in [6, 6.07) is 4.93. The minimum atomic E-state index is -4.87. The van der Waals surface area contributed by atoms with Gasteiger partial charge in [0, 0.05) is 17.6 Å². The van der Waals surface area contributed by atoms with Crippen LogP contribution in [0.15, 0.2) is 34.2 Å². The van der Waals surface area contributed by atoms with Gasteiger partial charge in [0.1, 0.15) is 0 Å². The molecule has 1 aromatic heterocycles. The van der Waals surface area contributed by atoms with Crippen molar-refractivity contribution < 1.29 is 26.7 Å². The zero-order chi connectivity index (χ0) is 16.7. The van der Waals surface area contributed by atoms with E-state index in [4.69, 9.17) is 11.6 Å². The first-order valence-corrected chi connectivity index (χ1v) is 7.69. The highest BCUT2D eigenvalue weighted by atomic mass is 35.5. The average Bonchev–Trinajstić information content (AvgIpc) is 2.76. The lowest BCUT2D eigenvalue weighted by molar-refractivity contribution is -0.142. The number of aliphatic hydroxyl groups excluding tert-OH is 1. The minimum absolute atomic E-state index is 0.247. The zero-order valence-corrected chi connectivity index (χ0v) is 12.7. The van der Waals surface area contributed by atoms with Gasteiger partial charge in [0.2, 0.25) is 9.84 Å². The van der Waals surface area contributed by atoms with Gasteiger partial charge < -0.3 is 5.11 Å². The Labute approximate surface area is 128 Å². The van der Waals surface area contributed by atoms with Gasteiger partial charge in [-0.1, -0.05) is 11.6 Å². The molecule has 0 radical (unpaired) electrons. The second-order valence-electron chi connectivity index (χ2n) is 4.37. The molecule has 120 valence electrons. The molecule has 0 saturated carbocycles. The number of aromatic nitrogens is 2. The van der Waals surface area contributed by atoms with Gasteiger partial charge >= 0.3 is 6.18 Å². The molecule has 0 saturated heterocycles. The first-order chi connectivity index (χ1) is 10.1. The summed E-state index contributed by atoms with van der Waals surface area (Å²) < 4.78 is 64.2. The largest absolute Gasteiger partial charge is 0.435 e. The Kier molecular flexibility index (Phi) is 4.24. The molecular formula is C12H10ClF3N2O3S. The second-order valence-corrected chi connectivity index (χ2v) is 6.67. The number of aliphatic hydroxyl groups is 1. The van der Waals surface area contributed by atoms with Crippen LogP contribution in [0.1, 0.15) is 11.3 Å². The van der Waals surface area contributed by atoms with Gasteiger partial charge in [-0.3, -0.25) is 4.68 Å². The fourth-order valence-electron chi connectivity index (χ4n) is 1.98. The van der Waals surface area contributed by atoms with E-state index in [9.17, 15) is 26.7 Å². The summed E-state index contributed by atoms with van der Waals surface area (Å²) in [7, 11) is -3.22. The van der Waals surface area contributed by atoms with E-state index in [2.05, 4.69) is 5.10 Å². The van der Waals surface area contributed by atoms with Gasteiger partial charge in [-0.15, -0.1) is 0 Å². The molecule has 10 heteroatoms. The summed E-state index contributed by atoms with van der Waals surface area (Å²) in [5.74, 6) is 0. The highest BCUT2D eigenvalue weighted by molar-refractivity contribution is 7.91. The molecule has 2 aromatic rings. The summed E-state index contributed by atoms with van der Waals surface area (Å²) in [5.41, 5.74) is -2.21. The molecule has 1 N–H and O–H groups in total. The van der Waals surface area contributed by atoms with E-state index >= 15 is 0 Å². The number of hydrogen-bond donors (Lipinski definition) is 1. The number of sulfone groups is 1. The number of hydrogen-bond acceptors (Lipinski definition) is 4. The standard InChI is InChI=1S/C12H10ClF3N2O3S/c1-18-11(9(6-19)10(17-18)12(14,15)16)22(20,21)8-4-2-7(13)3-5-8/h2-5,19H,6H2,1H3. The van der Waals surface area contributed by atoms with Gasteiger partial charge in [-0.2, -0.15) is 18.3 Å². The lowest BCUT2D eigenvalue weighted by Gasteiger charge is -2.08. The van der Waals surface area contributed by atoms with Crippen molar-refractivity contribution in [2.45, 2.75) is 22.7 Å². The molecule has 0 aliphatic heterocycles. The van der Waals surface area contributed by atoms with E-state index in [0.717, 1.165) is 7.05 Å². The van der Waals surface area contributed by atoms with Crippen molar-refractivity contribution >= 4 is 21.4 Å². The first kappa shape index (κ1) is 16.8. The quantitative estimate of drug-likeness (QED) is 0.918. The van der Waals surface area contributed by atoms with Gasteiger partial charge in [0.15, 0.2) is 10.7 Å². The maximum Gasteiger partial charge on any atom is 0.435 e. The van der Waals surface area contributed by atoms with Crippen molar-refractivity contribution in [1.82, 2.24) is 9.78 Å². The van der Waals surface area contributed by atoms with Crippen molar-refractivity contribution in [3.8, 4) is 0 Å². The van der Waals surface area contributed by atoms with Gasteiger partial charge in [-0.05, 0) is 24.3 Å². The maximum absolute atomic E-state index is 12.9. The predicted molar refractivity (Wildman–Crippen MR) is 71.0 cm³/mol. The lowest BCUT2D eigenvalue weighted by Crippen LogP contribution is -2.11. The Balaban J connectivity index is 2.71. The number of nitrogens with zero attached hydrogens (tertiary/aromatic N) is 2. The summed E-state index contributed by atoms with van der Waals surface area (Å²) in [6.07, 6.45) is -4.87. The minimum Gasteiger partial charge on any atom is -0.391 e. The predicted octanol–water partition coefficient (Wildman–Crippen LogP) is 2.42. The van der Waals surface area contributed by atoms with Crippen LogP contribution in [0.5, 0.6) is 0 Å². The Bertz CT molecular complexity index is 798. The Morgan fingerprint density at radius 3 is 2.27 bits per heavy atom. The summed E-state index contributed by atoms with van der Waals surface area (Å²) in [6.45, 7) is -1.11. The van der Waals surface area contributed by atoms with Crippen molar-refractivity contribution in [2.24, 2.45) is 7.05 Å². The molecule has 0 unspecified atom stereocenters. The first-order valence-electron chi connectivity index (χ1n) is 5.83. The fourth-order valence-corrected chi connectivity index (χ4v) is 3.70. The molecule has 2 rings (SSSR count). The van der Waals surface area contributed by atoms with Gasteiger partial charge in [-0.25, -0.2) is 8.42 Å². The van der Waals surface area contributed by atoms with Crippen LogP contribution < -0.4 is 0 Å². The van der Waals surface area contributed by atoms with Crippen LogP contribution in [0.25, 0.3) is 0 Å². The molecule has 0 aliphatic rings. The second kappa shape index (κ2) is 5.56. The van der Waals surface area contributed by atoms with Crippen LogP contribution in [0, 0.1) is 0 Å². The van der Waals surface area contributed by atoms with Crippen molar-refractivity contribution in [1.29, 1.82) is 0 Å². The van der Waals surface area contributed by atoms with Gasteiger partial charge in [0.05, 0.1) is 11.5 Å². The van der Waals surface area contributed by atoms with Crippen LogP contribution in [0.3, 0.4) is 0 Å². The highest BCUT2D eigenvalue weighted by Gasteiger charge is 2.41. The van der Waals surface area contributed by atoms with E-state index in [1.54, 1.807) is 0 Å². The highest BCUT2D eigenvalue weighted by Crippen LogP contribution is 2.35. The number of rotatable bonds is 3. The third-order valence-corrected chi connectivity index (χ3v) is 5.06. The van der Waals surface area contributed by atoms with E-state index in [0.29, 0.717) is 4.68 Å². The third-order valence-electron chi connectivity index (χ3n) is 2.89. The molecule has 0 atom stereocenters. The molecular weight excluding hydrogens is 345 g/mol. The number of aryl methyl sites for hydroxylation is 1. The normalized spacial score (nSPS) is 12.6. The van der Waals surface area contributed by atoms with Crippen LogP contribution in [-0.2, 0) is 29.7 Å². The van der Waals surface area contributed by atoms with Crippen LogP contribution >= 0.6 is 11.6 Å². The lowest BCUT2D eigenvalue weighted by atomic mass is 10.2. The van der Waals surface area contributed by atoms with Crippen molar-refractivity contribution in [3.63, 3.8) is 0 Å². The summed E-state index contributed by atoms with van der Waals surface area (Å²) in [5, 5.41) is 12.0. The van der Waals surface area contributed by atoms with Gasteiger partial charge in [0.25, 0.3) is 0 Å². The average molecular weight is 355 g/mol. The Hall–Kier alpha value is -1.58. The zero-order valence-electron chi connectivity index (χ0n) is 11.1. The number of benzene rings is 1. The molecule has 0 spiro atoms. The fraction of sp³-hybridized carbons (Fsp3) is 0.250. The Morgan fingerprint density at radius 2 is 1.82 bits per heavy atom. The maximum atomic E-state index is 12.9. The molecule has 22 heavy (non-hydrogen) atoms. The number of alkyl halides is 3. The molecule has 0 fully saturated rings. The molecule has 1 heterocycles. The molecule has 5 nitrogen and oxygen atoms in total.